The van der Waals surface area contributed by atoms with E-state index >= 15 is 0 Å². The van der Waals surface area contributed by atoms with Gasteiger partial charge in [0.25, 0.3) is 5.91 Å². The van der Waals surface area contributed by atoms with E-state index in [9.17, 15) is 32.3 Å². The monoisotopic (exact) mass is 643 g/mol. The molecule has 3 heterocycles. The molecular formula is C31H26ClF4N5O4. The zero-order chi connectivity index (χ0) is 31.9. The lowest BCUT2D eigenvalue weighted by Crippen LogP contribution is -2.52. The fraction of sp³-hybridized carbons (Fsp3) is 0.355. The summed E-state index contributed by atoms with van der Waals surface area (Å²) in [6, 6.07) is 8.77. The normalized spacial score (nSPS) is 20.8. The van der Waals surface area contributed by atoms with Crippen molar-refractivity contribution in [3.63, 3.8) is 0 Å². The molecule has 0 spiro atoms. The number of benzene rings is 2. The van der Waals surface area contributed by atoms with Crippen LogP contribution in [0.4, 0.5) is 17.6 Å². The summed E-state index contributed by atoms with van der Waals surface area (Å²) in [5.41, 5.74) is 0.317. The van der Waals surface area contributed by atoms with Crippen LogP contribution in [0.3, 0.4) is 0 Å². The van der Waals surface area contributed by atoms with Gasteiger partial charge < -0.3 is 20.9 Å². The van der Waals surface area contributed by atoms with E-state index in [-0.39, 0.29) is 51.7 Å². The Morgan fingerprint density at radius 2 is 1.84 bits per heavy atom. The third-order valence-corrected chi connectivity index (χ3v) is 9.18. The first kappa shape index (κ1) is 29.5. The number of carbonyl (C=O) groups excluding carboxylic acids is 2. The second-order valence-electron chi connectivity index (χ2n) is 11.9. The van der Waals surface area contributed by atoms with Crippen molar-refractivity contribution in [3.8, 4) is 17.0 Å². The van der Waals surface area contributed by atoms with E-state index < -0.39 is 47.1 Å². The van der Waals surface area contributed by atoms with Crippen LogP contribution in [-0.2, 0) is 15.8 Å². The van der Waals surface area contributed by atoms with E-state index in [4.69, 9.17) is 22.1 Å². The van der Waals surface area contributed by atoms with Crippen LogP contribution in [0.15, 0.2) is 48.7 Å². The Hall–Kier alpha value is -4.23. The Bertz CT molecular complexity index is 1870. The van der Waals surface area contributed by atoms with E-state index in [1.165, 1.54) is 24.3 Å². The molecule has 2 aromatic heterocycles. The predicted octanol–water partition coefficient (Wildman–Crippen LogP) is 4.93. The van der Waals surface area contributed by atoms with Crippen LogP contribution < -0.4 is 15.8 Å². The molecule has 9 nitrogen and oxygen atoms in total. The standard InChI is InChI=1S/C31H26ClF4N5O4/c32-22-10-16(9-17-12-41(20-7-8-20)40-24(17)22)27(42)38-13-30(44,31(34,35)36)23-11-21-26(25(39-23)15-1-5-19(33)6-2-15)45-14-29(21,28(37)43)18-3-4-18/h1-2,5-6,9-12,18,20,44H,3-4,7-8,13-14H2,(H2,37,43)(H,38,42)/t29-,30+/m1/s1. The number of aromatic nitrogens is 3. The van der Waals surface area contributed by atoms with Crippen LogP contribution >= 0.6 is 11.6 Å². The third-order valence-electron chi connectivity index (χ3n) is 8.89. The minimum Gasteiger partial charge on any atom is -0.489 e. The number of pyridine rings is 1. The van der Waals surface area contributed by atoms with Crippen LogP contribution in [0.5, 0.6) is 5.75 Å². The molecule has 0 bridgehead atoms. The number of hydrogen-bond acceptors (Lipinski definition) is 6. The number of amides is 2. The van der Waals surface area contributed by atoms with Gasteiger partial charge in [-0.3, -0.25) is 14.3 Å². The van der Waals surface area contributed by atoms with Crippen molar-refractivity contribution >= 4 is 34.3 Å². The van der Waals surface area contributed by atoms with Gasteiger partial charge in [-0.1, -0.05) is 11.6 Å². The van der Waals surface area contributed by atoms with Crippen molar-refractivity contribution in [3.05, 3.63) is 76.3 Å². The number of ether oxygens (including phenoxy) is 1. The molecule has 1 aliphatic heterocycles. The average molecular weight is 644 g/mol. The van der Waals surface area contributed by atoms with Crippen molar-refractivity contribution in [2.75, 3.05) is 13.2 Å². The van der Waals surface area contributed by atoms with Crippen LogP contribution in [0.2, 0.25) is 5.02 Å². The minimum atomic E-state index is -5.34. The molecule has 0 radical (unpaired) electrons. The van der Waals surface area contributed by atoms with Gasteiger partial charge in [-0.05, 0) is 74.1 Å². The van der Waals surface area contributed by atoms with E-state index in [0.29, 0.717) is 23.7 Å². The number of alkyl halides is 3. The Labute approximate surface area is 258 Å². The van der Waals surface area contributed by atoms with Gasteiger partial charge >= 0.3 is 6.18 Å². The van der Waals surface area contributed by atoms with Gasteiger partial charge in [0.2, 0.25) is 11.5 Å². The zero-order valence-corrected chi connectivity index (χ0v) is 24.3. The number of nitrogens with one attached hydrogen (secondary N) is 1. The summed E-state index contributed by atoms with van der Waals surface area (Å²) in [5, 5.41) is 18.7. The molecule has 2 saturated carbocycles. The first-order valence-corrected chi connectivity index (χ1v) is 14.7. The van der Waals surface area contributed by atoms with Crippen molar-refractivity contribution < 1.29 is 37.0 Å². The summed E-state index contributed by atoms with van der Waals surface area (Å²) in [6.45, 7) is -1.54. The topological polar surface area (TPSA) is 132 Å². The van der Waals surface area contributed by atoms with Gasteiger partial charge in [0.1, 0.15) is 34.8 Å². The molecule has 234 valence electrons. The third kappa shape index (κ3) is 4.80. The van der Waals surface area contributed by atoms with Crippen LogP contribution in [-0.4, -0.2) is 51.0 Å². The highest BCUT2D eigenvalue weighted by molar-refractivity contribution is 6.35. The number of rotatable bonds is 8. The zero-order valence-electron chi connectivity index (χ0n) is 23.5. The number of aliphatic hydroxyl groups is 1. The summed E-state index contributed by atoms with van der Waals surface area (Å²) in [4.78, 5) is 30.2. The van der Waals surface area contributed by atoms with E-state index in [1.807, 2.05) is 0 Å². The molecule has 3 aliphatic rings. The molecule has 4 aromatic rings. The molecule has 4 N–H and O–H groups in total. The lowest BCUT2D eigenvalue weighted by atomic mass is 9.76. The van der Waals surface area contributed by atoms with Gasteiger partial charge in [-0.2, -0.15) is 18.3 Å². The molecule has 2 amide bonds. The SMILES string of the molecule is NC(=O)[C@@]1(C2CC2)COc2c1cc([C@@](O)(CNC(=O)c1cc(Cl)c3nn(C4CC4)cc3c1)C(F)(F)F)nc2-c1ccc(F)cc1. The molecule has 7 rings (SSSR count). The molecule has 45 heavy (non-hydrogen) atoms. The Kier molecular flexibility index (Phi) is 6.64. The molecule has 0 saturated heterocycles. The van der Waals surface area contributed by atoms with Crippen molar-refractivity contribution in [2.45, 2.75) is 48.9 Å². The minimum absolute atomic E-state index is 0.0271. The smallest absolute Gasteiger partial charge is 0.424 e. The first-order valence-electron chi connectivity index (χ1n) is 14.3. The maximum absolute atomic E-state index is 14.8. The van der Waals surface area contributed by atoms with Crippen LogP contribution in [0.25, 0.3) is 22.2 Å². The fourth-order valence-corrected chi connectivity index (χ4v) is 6.29. The number of halogens is 5. The average Bonchev–Trinajstić information content (AvgIpc) is 3.94. The summed E-state index contributed by atoms with van der Waals surface area (Å²) in [7, 11) is 0. The van der Waals surface area contributed by atoms with Gasteiger partial charge in [0.15, 0.2) is 0 Å². The molecule has 2 atom stereocenters. The van der Waals surface area contributed by atoms with Gasteiger partial charge in [-0.15, -0.1) is 0 Å². The van der Waals surface area contributed by atoms with Crippen molar-refractivity contribution in [2.24, 2.45) is 11.7 Å². The number of primary amides is 1. The van der Waals surface area contributed by atoms with Crippen molar-refractivity contribution in [1.82, 2.24) is 20.1 Å². The predicted molar refractivity (Wildman–Crippen MR) is 154 cm³/mol. The van der Waals surface area contributed by atoms with E-state index in [1.54, 1.807) is 10.9 Å². The van der Waals surface area contributed by atoms with E-state index in [0.717, 1.165) is 31.0 Å². The molecular weight excluding hydrogens is 618 g/mol. The number of nitrogens with two attached hydrogens (primary N) is 1. The lowest BCUT2D eigenvalue weighted by molar-refractivity contribution is -0.265. The Morgan fingerprint density at radius 1 is 1.13 bits per heavy atom. The summed E-state index contributed by atoms with van der Waals surface area (Å²) >= 11 is 6.36. The van der Waals surface area contributed by atoms with E-state index in [2.05, 4.69) is 15.4 Å². The van der Waals surface area contributed by atoms with Gasteiger partial charge in [0.05, 0.1) is 23.3 Å². The maximum atomic E-state index is 14.8. The van der Waals surface area contributed by atoms with Crippen LogP contribution in [0.1, 0.15) is 53.3 Å². The number of fused-ring (bicyclic) bond motifs is 2. The first-order chi connectivity index (χ1) is 21.3. The summed E-state index contributed by atoms with van der Waals surface area (Å²) < 4.78 is 65.8. The molecule has 0 unspecified atom stereocenters. The molecule has 14 heteroatoms. The maximum Gasteiger partial charge on any atom is 0.424 e. The fourth-order valence-electron chi connectivity index (χ4n) is 6.02. The van der Waals surface area contributed by atoms with Gasteiger partial charge in [-0.25, -0.2) is 9.37 Å². The van der Waals surface area contributed by atoms with Crippen molar-refractivity contribution in [1.29, 1.82) is 0 Å². The lowest BCUT2D eigenvalue weighted by Gasteiger charge is -2.32. The summed E-state index contributed by atoms with van der Waals surface area (Å²) in [6.07, 6.45) is -0.504. The summed E-state index contributed by atoms with van der Waals surface area (Å²) in [5.74, 6) is -2.56. The molecule has 2 aromatic carbocycles. The number of hydrogen-bond donors (Lipinski definition) is 3. The largest absolute Gasteiger partial charge is 0.489 e. The highest BCUT2D eigenvalue weighted by Crippen LogP contribution is 2.56. The highest BCUT2D eigenvalue weighted by Gasteiger charge is 2.60. The van der Waals surface area contributed by atoms with Gasteiger partial charge in [0, 0.05) is 28.3 Å². The Morgan fingerprint density at radius 3 is 2.47 bits per heavy atom. The quantitative estimate of drug-likeness (QED) is 0.233. The second-order valence-corrected chi connectivity index (χ2v) is 12.3. The second kappa shape index (κ2) is 10.1. The Balaban J connectivity index is 1.29. The highest BCUT2D eigenvalue weighted by atomic mass is 35.5. The van der Waals surface area contributed by atoms with Crippen LogP contribution in [0, 0.1) is 11.7 Å². The molecule has 2 fully saturated rings. The molecule has 2 aliphatic carbocycles. The number of nitrogens with zero attached hydrogens (tertiary/aromatic N) is 3. The number of carbonyl (C=O) groups is 2.